The average Bonchev–Trinajstić information content (AvgIpc) is 2.69. The Morgan fingerprint density at radius 3 is 2.38 bits per heavy atom. The fraction of sp³-hybridized carbons (Fsp3) is 0.458. The van der Waals surface area contributed by atoms with Gasteiger partial charge in [-0.05, 0) is 93.7 Å². The summed E-state index contributed by atoms with van der Waals surface area (Å²) < 4.78 is 5.68. The molecule has 3 rings (SSSR count). The fourth-order valence-corrected chi connectivity index (χ4v) is 4.03. The maximum Gasteiger partial charge on any atom is 0.171 e. The van der Waals surface area contributed by atoms with Crippen molar-refractivity contribution in [2.45, 2.75) is 52.7 Å². The average molecular weight is 412 g/mol. The van der Waals surface area contributed by atoms with Gasteiger partial charge in [0.05, 0.1) is 12.1 Å². The Hall–Kier alpha value is -2.27. The SMILES string of the molecule is CC(C)Oc1ccc(NC(=S)N[C@@H](C)c2ccc(N3CCC[C@H](C)C3)cc2)cc1. The van der Waals surface area contributed by atoms with Crippen molar-refractivity contribution in [2.24, 2.45) is 5.92 Å². The lowest BCUT2D eigenvalue weighted by Crippen LogP contribution is -2.34. The van der Waals surface area contributed by atoms with Crippen LogP contribution in [0.3, 0.4) is 0 Å². The number of nitrogens with zero attached hydrogens (tertiary/aromatic N) is 1. The summed E-state index contributed by atoms with van der Waals surface area (Å²) in [6.45, 7) is 10.8. The molecule has 29 heavy (non-hydrogen) atoms. The highest BCUT2D eigenvalue weighted by Crippen LogP contribution is 2.25. The number of benzene rings is 2. The van der Waals surface area contributed by atoms with Crippen LogP contribution < -0.4 is 20.3 Å². The molecule has 5 heteroatoms. The van der Waals surface area contributed by atoms with Crippen LogP contribution in [0.5, 0.6) is 5.75 Å². The van der Waals surface area contributed by atoms with Gasteiger partial charge in [0.2, 0.25) is 0 Å². The molecule has 0 saturated carbocycles. The van der Waals surface area contributed by atoms with E-state index in [0.717, 1.165) is 30.4 Å². The summed E-state index contributed by atoms with van der Waals surface area (Å²) in [6.07, 6.45) is 2.79. The first kappa shape index (κ1) is 21.4. The molecule has 1 aliphatic heterocycles. The minimum atomic E-state index is 0.132. The van der Waals surface area contributed by atoms with Crippen LogP contribution in [-0.2, 0) is 0 Å². The lowest BCUT2D eigenvalue weighted by molar-refractivity contribution is 0.242. The minimum Gasteiger partial charge on any atom is -0.491 e. The van der Waals surface area contributed by atoms with E-state index in [9.17, 15) is 0 Å². The van der Waals surface area contributed by atoms with Gasteiger partial charge in [0.25, 0.3) is 0 Å². The van der Waals surface area contributed by atoms with Crippen LogP contribution in [-0.4, -0.2) is 24.3 Å². The van der Waals surface area contributed by atoms with Gasteiger partial charge < -0.3 is 20.3 Å². The quantitative estimate of drug-likeness (QED) is 0.591. The van der Waals surface area contributed by atoms with Crippen molar-refractivity contribution >= 4 is 28.7 Å². The molecule has 0 amide bonds. The van der Waals surface area contributed by atoms with Gasteiger partial charge >= 0.3 is 0 Å². The molecule has 1 fully saturated rings. The normalized spacial score (nSPS) is 17.7. The number of hydrogen-bond donors (Lipinski definition) is 2. The minimum absolute atomic E-state index is 0.132. The van der Waals surface area contributed by atoms with Crippen molar-refractivity contribution in [1.82, 2.24) is 5.32 Å². The summed E-state index contributed by atoms with van der Waals surface area (Å²) in [7, 11) is 0. The molecule has 2 N–H and O–H groups in total. The second-order valence-electron chi connectivity index (χ2n) is 8.30. The zero-order chi connectivity index (χ0) is 20.8. The third kappa shape index (κ3) is 6.36. The first-order valence-corrected chi connectivity index (χ1v) is 11.0. The van der Waals surface area contributed by atoms with Crippen LogP contribution in [0.25, 0.3) is 0 Å². The van der Waals surface area contributed by atoms with Crippen LogP contribution in [0, 0.1) is 5.92 Å². The molecule has 0 bridgehead atoms. The number of anilines is 2. The summed E-state index contributed by atoms with van der Waals surface area (Å²) in [5.41, 5.74) is 3.49. The van der Waals surface area contributed by atoms with Gasteiger partial charge in [-0.3, -0.25) is 0 Å². The van der Waals surface area contributed by atoms with E-state index in [4.69, 9.17) is 17.0 Å². The van der Waals surface area contributed by atoms with E-state index in [1.54, 1.807) is 0 Å². The number of ether oxygens (including phenoxy) is 1. The van der Waals surface area contributed by atoms with Crippen LogP contribution in [0.1, 0.15) is 52.1 Å². The Kier molecular flexibility index (Phi) is 7.37. The molecule has 2 aromatic carbocycles. The Bertz CT molecular complexity index is 789. The number of hydrogen-bond acceptors (Lipinski definition) is 3. The predicted molar refractivity (Wildman–Crippen MR) is 127 cm³/mol. The molecule has 0 spiro atoms. The standard InChI is InChI=1S/C24H33N3OS/c1-17(2)28-23-13-9-21(10-14-23)26-24(29)25-19(4)20-7-11-22(12-8-20)27-15-5-6-18(3)16-27/h7-14,17-19H,5-6,15-16H2,1-4H3,(H2,25,26,29)/t18-,19-/m0/s1. The number of thiocarbonyl (C=S) groups is 1. The third-order valence-electron chi connectivity index (χ3n) is 5.25. The topological polar surface area (TPSA) is 36.5 Å². The van der Waals surface area contributed by atoms with E-state index in [0.29, 0.717) is 5.11 Å². The van der Waals surface area contributed by atoms with Gasteiger partial charge in [0.1, 0.15) is 5.75 Å². The summed E-state index contributed by atoms with van der Waals surface area (Å²) in [4.78, 5) is 2.49. The zero-order valence-corrected chi connectivity index (χ0v) is 18.8. The predicted octanol–water partition coefficient (Wildman–Crippen LogP) is 5.76. The van der Waals surface area contributed by atoms with E-state index in [-0.39, 0.29) is 12.1 Å². The van der Waals surface area contributed by atoms with Gasteiger partial charge in [-0.1, -0.05) is 19.1 Å². The first-order valence-electron chi connectivity index (χ1n) is 10.6. The maximum absolute atomic E-state index is 5.68. The Morgan fingerprint density at radius 1 is 1.07 bits per heavy atom. The van der Waals surface area contributed by atoms with E-state index in [1.807, 2.05) is 38.1 Å². The van der Waals surface area contributed by atoms with Gasteiger partial charge in [-0.25, -0.2) is 0 Å². The molecule has 0 unspecified atom stereocenters. The largest absolute Gasteiger partial charge is 0.491 e. The van der Waals surface area contributed by atoms with E-state index >= 15 is 0 Å². The molecule has 0 aliphatic carbocycles. The molecule has 1 heterocycles. The zero-order valence-electron chi connectivity index (χ0n) is 17.9. The molecule has 1 saturated heterocycles. The fourth-order valence-electron chi connectivity index (χ4n) is 3.73. The van der Waals surface area contributed by atoms with Crippen molar-refractivity contribution in [2.75, 3.05) is 23.3 Å². The summed E-state index contributed by atoms with van der Waals surface area (Å²) in [6, 6.07) is 16.9. The second kappa shape index (κ2) is 9.97. The molecule has 2 aromatic rings. The van der Waals surface area contributed by atoms with E-state index in [1.165, 1.54) is 24.1 Å². The van der Waals surface area contributed by atoms with Crippen LogP contribution >= 0.6 is 12.2 Å². The lowest BCUT2D eigenvalue weighted by atomic mass is 9.99. The molecule has 1 aliphatic rings. The molecule has 4 nitrogen and oxygen atoms in total. The number of nitrogens with one attached hydrogen (secondary N) is 2. The van der Waals surface area contributed by atoms with E-state index in [2.05, 4.69) is 53.6 Å². The number of rotatable bonds is 6. The molecular weight excluding hydrogens is 378 g/mol. The molecule has 2 atom stereocenters. The highest BCUT2D eigenvalue weighted by Gasteiger charge is 2.17. The maximum atomic E-state index is 5.68. The monoisotopic (exact) mass is 411 g/mol. The third-order valence-corrected chi connectivity index (χ3v) is 5.47. The number of piperidine rings is 1. The van der Waals surface area contributed by atoms with Crippen molar-refractivity contribution in [3.63, 3.8) is 0 Å². The molecule has 0 aromatic heterocycles. The Labute approximate surface area is 180 Å². The van der Waals surface area contributed by atoms with Crippen LogP contribution in [0.2, 0.25) is 0 Å². The highest BCUT2D eigenvalue weighted by molar-refractivity contribution is 7.80. The van der Waals surface area contributed by atoms with Gasteiger partial charge in [0.15, 0.2) is 5.11 Å². The van der Waals surface area contributed by atoms with Gasteiger partial charge in [-0.2, -0.15) is 0 Å². The lowest BCUT2D eigenvalue weighted by Gasteiger charge is -2.33. The molecular formula is C24H33N3OS. The van der Waals surface area contributed by atoms with Crippen molar-refractivity contribution in [1.29, 1.82) is 0 Å². The van der Waals surface area contributed by atoms with Gasteiger partial charge in [-0.15, -0.1) is 0 Å². The van der Waals surface area contributed by atoms with Crippen molar-refractivity contribution in [3.8, 4) is 5.75 Å². The van der Waals surface area contributed by atoms with Crippen molar-refractivity contribution < 1.29 is 4.74 Å². The van der Waals surface area contributed by atoms with Crippen molar-refractivity contribution in [3.05, 3.63) is 54.1 Å². The molecule has 0 radical (unpaired) electrons. The summed E-state index contributed by atoms with van der Waals surface area (Å²) in [5.74, 6) is 1.64. The van der Waals surface area contributed by atoms with Crippen LogP contribution in [0.15, 0.2) is 48.5 Å². The smallest absolute Gasteiger partial charge is 0.171 e. The van der Waals surface area contributed by atoms with Gasteiger partial charge in [0, 0.05) is 24.5 Å². The van der Waals surface area contributed by atoms with E-state index < -0.39 is 0 Å². The molecule has 156 valence electrons. The Morgan fingerprint density at radius 2 is 1.76 bits per heavy atom. The highest BCUT2D eigenvalue weighted by atomic mass is 32.1. The second-order valence-corrected chi connectivity index (χ2v) is 8.70. The first-order chi connectivity index (χ1) is 13.9. The summed E-state index contributed by atoms with van der Waals surface area (Å²) >= 11 is 5.49. The van der Waals surface area contributed by atoms with Crippen LogP contribution in [0.4, 0.5) is 11.4 Å². The Balaban J connectivity index is 1.52. The summed E-state index contributed by atoms with van der Waals surface area (Å²) in [5, 5.41) is 7.24.